The molecule has 2 atom stereocenters. The van der Waals surface area contributed by atoms with Gasteiger partial charge in [-0.3, -0.25) is 0 Å². The van der Waals surface area contributed by atoms with E-state index in [1.54, 1.807) is 10.9 Å². The molecule has 1 aromatic heterocycles. The van der Waals surface area contributed by atoms with Gasteiger partial charge in [-0.25, -0.2) is 13.1 Å². The zero-order chi connectivity index (χ0) is 12.5. The fraction of sp³-hybridized carbons (Fsp3) is 0.800. The summed E-state index contributed by atoms with van der Waals surface area (Å²) in [6.07, 6.45) is 4.26. The van der Waals surface area contributed by atoms with Crippen molar-refractivity contribution in [3.8, 4) is 0 Å². The van der Waals surface area contributed by atoms with E-state index in [2.05, 4.69) is 17.2 Å². The molecular formula is C10H18N4O2S. The lowest BCUT2D eigenvalue weighted by molar-refractivity contribution is 0.484. The quantitative estimate of drug-likeness (QED) is 0.846. The number of hydrogen-bond acceptors (Lipinski definition) is 5. The highest BCUT2D eigenvalue weighted by Gasteiger charge is 2.30. The third kappa shape index (κ3) is 2.84. The van der Waals surface area contributed by atoms with Crippen LogP contribution in [0.5, 0.6) is 0 Å². The highest BCUT2D eigenvalue weighted by Crippen LogP contribution is 2.23. The number of rotatable bonds is 4. The molecule has 96 valence electrons. The summed E-state index contributed by atoms with van der Waals surface area (Å²) in [5.74, 6) is 0.409. The highest BCUT2D eigenvalue weighted by atomic mass is 32.2. The Hall–Kier alpha value is -0.950. The van der Waals surface area contributed by atoms with Gasteiger partial charge in [0.2, 0.25) is 0 Å². The predicted molar refractivity (Wildman–Crippen MR) is 64.2 cm³/mol. The molecule has 0 bridgehead atoms. The van der Waals surface area contributed by atoms with Crippen LogP contribution in [0.3, 0.4) is 0 Å². The molecule has 0 amide bonds. The smallest absolute Gasteiger partial charge is 0.152 e. The molecule has 1 aliphatic rings. The topological polar surface area (TPSA) is 90.9 Å². The summed E-state index contributed by atoms with van der Waals surface area (Å²) in [4.78, 5) is 0. The summed E-state index contributed by atoms with van der Waals surface area (Å²) in [5.41, 5.74) is 6.68. The fourth-order valence-corrected chi connectivity index (χ4v) is 3.79. The van der Waals surface area contributed by atoms with E-state index >= 15 is 0 Å². The van der Waals surface area contributed by atoms with Gasteiger partial charge in [-0.1, -0.05) is 18.6 Å². The SMILES string of the molecule is CCCC(N)c1cn(C2CCS(=O)(=O)C2)nn1. The van der Waals surface area contributed by atoms with Crippen molar-refractivity contribution < 1.29 is 8.42 Å². The van der Waals surface area contributed by atoms with Crippen LogP contribution >= 0.6 is 0 Å². The van der Waals surface area contributed by atoms with E-state index in [1.165, 1.54) is 0 Å². The molecule has 1 fully saturated rings. The standard InChI is InChI=1S/C10H18N4O2S/c1-2-3-9(11)10-6-14(13-12-10)8-4-5-17(15,16)7-8/h6,8-9H,2-5,7,11H2,1H3. The molecule has 6 nitrogen and oxygen atoms in total. The first-order valence-electron chi connectivity index (χ1n) is 5.89. The van der Waals surface area contributed by atoms with Crippen LogP contribution in [0.25, 0.3) is 0 Å². The molecule has 2 rings (SSSR count). The lowest BCUT2D eigenvalue weighted by atomic mass is 10.1. The van der Waals surface area contributed by atoms with Gasteiger partial charge in [-0.15, -0.1) is 5.10 Å². The Morgan fingerprint density at radius 2 is 2.41 bits per heavy atom. The number of sulfone groups is 1. The van der Waals surface area contributed by atoms with Crippen molar-refractivity contribution in [1.82, 2.24) is 15.0 Å². The van der Waals surface area contributed by atoms with Crippen LogP contribution in [0.4, 0.5) is 0 Å². The van der Waals surface area contributed by atoms with Gasteiger partial charge in [0.25, 0.3) is 0 Å². The molecule has 2 unspecified atom stereocenters. The molecule has 0 aromatic carbocycles. The van der Waals surface area contributed by atoms with Crippen molar-refractivity contribution in [3.05, 3.63) is 11.9 Å². The first-order valence-corrected chi connectivity index (χ1v) is 7.71. The van der Waals surface area contributed by atoms with Crippen molar-refractivity contribution in [2.24, 2.45) is 5.73 Å². The van der Waals surface area contributed by atoms with Crippen LogP contribution < -0.4 is 5.73 Å². The fourth-order valence-electron chi connectivity index (χ4n) is 2.08. The second-order valence-corrected chi connectivity index (χ2v) is 6.80. The minimum absolute atomic E-state index is 0.0740. The molecular weight excluding hydrogens is 240 g/mol. The van der Waals surface area contributed by atoms with Gasteiger partial charge >= 0.3 is 0 Å². The van der Waals surface area contributed by atoms with Crippen LogP contribution in [0.1, 0.15) is 44.0 Å². The molecule has 0 saturated carbocycles. The summed E-state index contributed by atoms with van der Waals surface area (Å²) in [7, 11) is -2.88. The molecule has 0 aliphatic carbocycles. The van der Waals surface area contributed by atoms with Crippen molar-refractivity contribution in [2.75, 3.05) is 11.5 Å². The van der Waals surface area contributed by atoms with Crippen LogP contribution in [0, 0.1) is 0 Å². The van der Waals surface area contributed by atoms with Gasteiger partial charge in [-0.05, 0) is 12.8 Å². The van der Waals surface area contributed by atoms with Crippen LogP contribution in [-0.2, 0) is 9.84 Å². The molecule has 0 radical (unpaired) electrons. The van der Waals surface area contributed by atoms with Crippen LogP contribution in [0.2, 0.25) is 0 Å². The largest absolute Gasteiger partial charge is 0.323 e. The molecule has 1 aliphatic heterocycles. The normalized spacial score (nSPS) is 24.9. The lowest BCUT2D eigenvalue weighted by Crippen LogP contribution is -2.12. The third-order valence-corrected chi connectivity index (χ3v) is 4.84. The Morgan fingerprint density at radius 1 is 1.65 bits per heavy atom. The maximum Gasteiger partial charge on any atom is 0.152 e. The van der Waals surface area contributed by atoms with E-state index < -0.39 is 9.84 Å². The van der Waals surface area contributed by atoms with Crippen molar-refractivity contribution in [2.45, 2.75) is 38.3 Å². The summed E-state index contributed by atoms with van der Waals surface area (Å²) < 4.78 is 24.4. The first kappa shape index (κ1) is 12.5. The average molecular weight is 258 g/mol. The average Bonchev–Trinajstić information content (AvgIpc) is 2.84. The second-order valence-electron chi connectivity index (χ2n) is 4.58. The molecule has 1 aromatic rings. The van der Waals surface area contributed by atoms with Gasteiger partial charge in [0, 0.05) is 0 Å². The first-order chi connectivity index (χ1) is 8.02. The van der Waals surface area contributed by atoms with Gasteiger partial charge in [0.1, 0.15) is 0 Å². The van der Waals surface area contributed by atoms with E-state index in [0.717, 1.165) is 18.5 Å². The number of aromatic nitrogens is 3. The van der Waals surface area contributed by atoms with E-state index in [0.29, 0.717) is 6.42 Å². The van der Waals surface area contributed by atoms with Gasteiger partial charge < -0.3 is 5.73 Å². The second kappa shape index (κ2) is 4.73. The van der Waals surface area contributed by atoms with E-state index in [1.807, 2.05) is 0 Å². The van der Waals surface area contributed by atoms with E-state index in [9.17, 15) is 8.42 Å². The molecule has 2 N–H and O–H groups in total. The van der Waals surface area contributed by atoms with Crippen molar-refractivity contribution in [1.29, 1.82) is 0 Å². The molecule has 1 saturated heterocycles. The molecule has 7 heteroatoms. The molecule has 2 heterocycles. The van der Waals surface area contributed by atoms with E-state index in [4.69, 9.17) is 5.73 Å². The number of nitrogens with two attached hydrogens (primary N) is 1. The lowest BCUT2D eigenvalue weighted by Gasteiger charge is -2.07. The number of hydrogen-bond donors (Lipinski definition) is 1. The van der Waals surface area contributed by atoms with Crippen LogP contribution in [-0.4, -0.2) is 34.9 Å². The summed E-state index contributed by atoms with van der Waals surface area (Å²) in [6.45, 7) is 2.06. The van der Waals surface area contributed by atoms with Crippen LogP contribution in [0.15, 0.2) is 6.20 Å². The Morgan fingerprint density at radius 3 is 3.00 bits per heavy atom. The molecule has 17 heavy (non-hydrogen) atoms. The maximum absolute atomic E-state index is 11.4. The summed E-state index contributed by atoms with van der Waals surface area (Å²) >= 11 is 0. The van der Waals surface area contributed by atoms with Gasteiger partial charge in [0.15, 0.2) is 9.84 Å². The zero-order valence-electron chi connectivity index (χ0n) is 9.91. The molecule has 0 spiro atoms. The summed E-state index contributed by atoms with van der Waals surface area (Å²) in [5, 5.41) is 8.01. The van der Waals surface area contributed by atoms with Crippen molar-refractivity contribution in [3.63, 3.8) is 0 Å². The van der Waals surface area contributed by atoms with E-state index in [-0.39, 0.29) is 23.6 Å². The number of nitrogens with zero attached hydrogens (tertiary/aromatic N) is 3. The Kier molecular flexibility index (Phi) is 3.48. The van der Waals surface area contributed by atoms with Gasteiger partial charge in [-0.2, -0.15) is 0 Å². The maximum atomic E-state index is 11.4. The monoisotopic (exact) mass is 258 g/mol. The van der Waals surface area contributed by atoms with Gasteiger partial charge in [0.05, 0.1) is 35.5 Å². The Bertz CT molecular complexity index is 482. The Balaban J connectivity index is 2.09. The highest BCUT2D eigenvalue weighted by molar-refractivity contribution is 7.91. The minimum Gasteiger partial charge on any atom is -0.323 e. The minimum atomic E-state index is -2.88. The summed E-state index contributed by atoms with van der Waals surface area (Å²) in [6, 6.07) is -0.179. The Labute approximate surface area is 101 Å². The van der Waals surface area contributed by atoms with Crippen molar-refractivity contribution >= 4 is 9.84 Å². The third-order valence-electron chi connectivity index (χ3n) is 3.09. The predicted octanol–water partition coefficient (Wildman–Crippen LogP) is 0.438. The zero-order valence-corrected chi connectivity index (χ0v) is 10.7.